The number of benzene rings is 1. The summed E-state index contributed by atoms with van der Waals surface area (Å²) in [5.41, 5.74) is 4.83. The molecule has 19 heavy (non-hydrogen) atoms. The van der Waals surface area contributed by atoms with Crippen LogP contribution in [0.1, 0.15) is 12.5 Å². The number of thioether (sulfide) groups is 1. The number of halogens is 3. The van der Waals surface area contributed by atoms with Crippen molar-refractivity contribution in [2.45, 2.75) is 23.2 Å². The highest BCUT2D eigenvalue weighted by Crippen LogP contribution is 2.35. The smallest absolute Gasteiger partial charge is 0.398 e. The van der Waals surface area contributed by atoms with E-state index < -0.39 is 17.0 Å². The highest BCUT2D eigenvalue weighted by atomic mass is 32.2. The molecule has 0 fully saturated rings. The molecule has 1 unspecified atom stereocenters. The number of nitrogen functional groups attached to an aromatic ring is 1. The number of rotatable bonds is 3. The molecule has 0 saturated carbocycles. The van der Waals surface area contributed by atoms with E-state index in [0.717, 1.165) is 23.9 Å². The van der Waals surface area contributed by atoms with Crippen molar-refractivity contribution in [1.82, 2.24) is 4.90 Å². The minimum atomic E-state index is -4.41. The molecule has 106 valence electrons. The van der Waals surface area contributed by atoms with Gasteiger partial charge in [0, 0.05) is 24.7 Å². The molecule has 1 rings (SSSR count). The standard InChI is InChI=1S/C12H15F3N2OS/c1-7(11(18)17(2)3)19-10-5-4-8(6-9(10)16)12(13,14)15/h4-7H,16H2,1-3H3. The van der Waals surface area contributed by atoms with Crippen molar-refractivity contribution < 1.29 is 18.0 Å². The van der Waals surface area contributed by atoms with Crippen LogP contribution in [-0.4, -0.2) is 30.2 Å². The Kier molecular flexibility index (Phi) is 4.73. The van der Waals surface area contributed by atoms with Gasteiger partial charge in [0.15, 0.2) is 0 Å². The van der Waals surface area contributed by atoms with Crippen LogP contribution in [0.4, 0.5) is 18.9 Å². The predicted molar refractivity (Wildman–Crippen MR) is 69.9 cm³/mol. The Morgan fingerprint density at radius 2 is 1.95 bits per heavy atom. The van der Waals surface area contributed by atoms with Crippen LogP contribution >= 0.6 is 11.8 Å². The van der Waals surface area contributed by atoms with E-state index in [0.29, 0.717) is 4.90 Å². The van der Waals surface area contributed by atoms with Gasteiger partial charge in [0.1, 0.15) is 0 Å². The van der Waals surface area contributed by atoms with Crippen LogP contribution in [0, 0.1) is 0 Å². The summed E-state index contributed by atoms with van der Waals surface area (Å²) >= 11 is 1.14. The number of hydrogen-bond donors (Lipinski definition) is 1. The second kappa shape index (κ2) is 5.73. The number of amides is 1. The van der Waals surface area contributed by atoms with Crippen molar-refractivity contribution >= 4 is 23.4 Å². The molecule has 0 aliphatic rings. The van der Waals surface area contributed by atoms with Gasteiger partial charge in [-0.25, -0.2) is 0 Å². The third kappa shape index (κ3) is 4.05. The summed E-state index contributed by atoms with van der Waals surface area (Å²) in [6.45, 7) is 1.68. The maximum atomic E-state index is 12.5. The molecule has 0 bridgehead atoms. The highest BCUT2D eigenvalue weighted by Gasteiger charge is 2.31. The number of nitrogens with two attached hydrogens (primary N) is 1. The second-order valence-corrected chi connectivity index (χ2v) is 5.63. The quantitative estimate of drug-likeness (QED) is 0.688. The third-order valence-corrected chi connectivity index (χ3v) is 3.61. The van der Waals surface area contributed by atoms with E-state index in [9.17, 15) is 18.0 Å². The highest BCUT2D eigenvalue weighted by molar-refractivity contribution is 8.00. The second-order valence-electron chi connectivity index (χ2n) is 4.24. The SMILES string of the molecule is CC(Sc1ccc(C(F)(F)F)cc1N)C(=O)N(C)C. The number of carbonyl (C=O) groups is 1. The summed E-state index contributed by atoms with van der Waals surface area (Å²) in [5.74, 6) is -0.121. The molecule has 2 N–H and O–H groups in total. The van der Waals surface area contributed by atoms with E-state index in [1.165, 1.54) is 11.0 Å². The molecule has 1 amide bonds. The van der Waals surface area contributed by atoms with Gasteiger partial charge in [-0.05, 0) is 25.1 Å². The Morgan fingerprint density at radius 1 is 1.37 bits per heavy atom. The van der Waals surface area contributed by atoms with Crippen LogP contribution in [0.25, 0.3) is 0 Å². The monoisotopic (exact) mass is 292 g/mol. The largest absolute Gasteiger partial charge is 0.416 e. The molecule has 0 aromatic heterocycles. The molecule has 0 spiro atoms. The first-order valence-electron chi connectivity index (χ1n) is 5.47. The molecule has 0 radical (unpaired) electrons. The Labute approximate surface area is 114 Å². The van der Waals surface area contributed by atoms with Gasteiger partial charge in [0.05, 0.1) is 10.8 Å². The lowest BCUT2D eigenvalue weighted by Gasteiger charge is -2.17. The van der Waals surface area contributed by atoms with Gasteiger partial charge < -0.3 is 10.6 Å². The van der Waals surface area contributed by atoms with Crippen molar-refractivity contribution in [3.05, 3.63) is 23.8 Å². The summed E-state index contributed by atoms with van der Waals surface area (Å²) in [7, 11) is 3.24. The van der Waals surface area contributed by atoms with Gasteiger partial charge in [-0.15, -0.1) is 11.8 Å². The van der Waals surface area contributed by atoms with Gasteiger partial charge in [0.25, 0.3) is 0 Å². The molecular weight excluding hydrogens is 277 g/mol. The number of hydrogen-bond acceptors (Lipinski definition) is 3. The molecule has 0 aliphatic heterocycles. The van der Waals surface area contributed by atoms with Crippen LogP contribution in [-0.2, 0) is 11.0 Å². The Morgan fingerprint density at radius 3 is 2.37 bits per heavy atom. The number of anilines is 1. The average molecular weight is 292 g/mol. The molecule has 1 atom stereocenters. The van der Waals surface area contributed by atoms with Crippen molar-refractivity contribution in [3.8, 4) is 0 Å². The Bertz CT molecular complexity index is 475. The zero-order chi connectivity index (χ0) is 14.8. The topological polar surface area (TPSA) is 46.3 Å². The summed E-state index contributed by atoms with van der Waals surface area (Å²) in [4.78, 5) is 13.6. The molecule has 0 saturated heterocycles. The lowest BCUT2D eigenvalue weighted by Crippen LogP contribution is -2.29. The maximum Gasteiger partial charge on any atom is 0.416 e. The Balaban J connectivity index is 2.90. The van der Waals surface area contributed by atoms with E-state index in [2.05, 4.69) is 0 Å². The fraction of sp³-hybridized carbons (Fsp3) is 0.417. The summed E-state index contributed by atoms with van der Waals surface area (Å²) in [6, 6.07) is 3.14. The Hall–Kier alpha value is -1.37. The first kappa shape index (κ1) is 15.7. The minimum Gasteiger partial charge on any atom is -0.398 e. The van der Waals surface area contributed by atoms with Crippen LogP contribution in [0.15, 0.2) is 23.1 Å². The molecular formula is C12H15F3N2OS. The fourth-order valence-corrected chi connectivity index (χ4v) is 2.47. The minimum absolute atomic E-state index is 0.0261. The predicted octanol–water partition coefficient (Wildman–Crippen LogP) is 2.86. The molecule has 3 nitrogen and oxygen atoms in total. The molecule has 0 heterocycles. The normalized spacial score (nSPS) is 13.2. The van der Waals surface area contributed by atoms with Gasteiger partial charge in [0.2, 0.25) is 5.91 Å². The first-order valence-corrected chi connectivity index (χ1v) is 6.35. The van der Waals surface area contributed by atoms with Crippen molar-refractivity contribution in [1.29, 1.82) is 0 Å². The van der Waals surface area contributed by atoms with Crippen LogP contribution < -0.4 is 5.73 Å². The maximum absolute atomic E-state index is 12.5. The van der Waals surface area contributed by atoms with E-state index in [4.69, 9.17) is 5.73 Å². The van der Waals surface area contributed by atoms with E-state index >= 15 is 0 Å². The lowest BCUT2D eigenvalue weighted by molar-refractivity contribution is -0.137. The van der Waals surface area contributed by atoms with E-state index in [1.807, 2.05) is 0 Å². The van der Waals surface area contributed by atoms with Crippen molar-refractivity contribution in [2.24, 2.45) is 0 Å². The first-order chi connectivity index (χ1) is 8.62. The molecule has 1 aromatic carbocycles. The van der Waals surface area contributed by atoms with Gasteiger partial charge in [-0.1, -0.05) is 0 Å². The van der Waals surface area contributed by atoms with Crippen molar-refractivity contribution in [3.63, 3.8) is 0 Å². The summed E-state index contributed by atoms with van der Waals surface area (Å²) in [5, 5.41) is -0.408. The van der Waals surface area contributed by atoms with Crippen LogP contribution in [0.3, 0.4) is 0 Å². The summed E-state index contributed by atoms with van der Waals surface area (Å²) < 4.78 is 37.4. The zero-order valence-corrected chi connectivity index (χ0v) is 11.6. The lowest BCUT2D eigenvalue weighted by atomic mass is 10.2. The fourth-order valence-electron chi connectivity index (χ4n) is 1.44. The summed E-state index contributed by atoms with van der Waals surface area (Å²) in [6.07, 6.45) is -4.41. The molecule has 1 aromatic rings. The number of nitrogens with zero attached hydrogens (tertiary/aromatic N) is 1. The van der Waals surface area contributed by atoms with Crippen LogP contribution in [0.5, 0.6) is 0 Å². The molecule has 0 aliphatic carbocycles. The van der Waals surface area contributed by atoms with Gasteiger partial charge in [-0.3, -0.25) is 4.79 Å². The average Bonchev–Trinajstić information content (AvgIpc) is 2.29. The van der Waals surface area contributed by atoms with Gasteiger partial charge in [-0.2, -0.15) is 13.2 Å². The van der Waals surface area contributed by atoms with E-state index in [-0.39, 0.29) is 11.6 Å². The number of carbonyl (C=O) groups excluding carboxylic acids is 1. The van der Waals surface area contributed by atoms with E-state index in [1.54, 1.807) is 21.0 Å². The zero-order valence-electron chi connectivity index (χ0n) is 10.8. The third-order valence-electron chi connectivity index (χ3n) is 2.43. The van der Waals surface area contributed by atoms with Gasteiger partial charge >= 0.3 is 6.18 Å². The number of alkyl halides is 3. The van der Waals surface area contributed by atoms with Crippen molar-refractivity contribution in [2.75, 3.05) is 19.8 Å². The van der Waals surface area contributed by atoms with Crippen LogP contribution in [0.2, 0.25) is 0 Å². The molecule has 7 heteroatoms.